The zero-order valence-corrected chi connectivity index (χ0v) is 9.89. The Bertz CT molecular complexity index is 438. The Morgan fingerprint density at radius 1 is 1.39 bits per heavy atom. The molecule has 1 saturated heterocycles. The lowest BCUT2D eigenvalue weighted by Crippen LogP contribution is -2.26. The minimum atomic E-state index is -0.569. The van der Waals surface area contributed by atoms with E-state index in [9.17, 15) is 4.39 Å². The molecule has 0 spiro atoms. The Balaban J connectivity index is 1.86. The van der Waals surface area contributed by atoms with Gasteiger partial charge in [0.15, 0.2) is 6.29 Å². The number of ether oxygens (including phenoxy) is 3. The molecule has 0 radical (unpaired) electrons. The van der Waals surface area contributed by atoms with Gasteiger partial charge in [-0.05, 0) is 18.6 Å². The van der Waals surface area contributed by atoms with Crippen LogP contribution in [0.3, 0.4) is 0 Å². The summed E-state index contributed by atoms with van der Waals surface area (Å²) in [5.74, 6) is -0.312. The van der Waals surface area contributed by atoms with Crippen LogP contribution in [0.15, 0.2) is 18.2 Å². The largest absolute Gasteiger partial charge is 0.492 e. The van der Waals surface area contributed by atoms with Crippen LogP contribution in [-0.4, -0.2) is 26.1 Å². The molecule has 96 valence electrons. The van der Waals surface area contributed by atoms with Gasteiger partial charge in [0.2, 0.25) is 0 Å². The predicted octanol–water partition coefficient (Wildman–Crippen LogP) is 2.23. The zero-order valence-electron chi connectivity index (χ0n) is 9.89. The van der Waals surface area contributed by atoms with Crippen molar-refractivity contribution in [1.82, 2.24) is 0 Å². The summed E-state index contributed by atoms with van der Waals surface area (Å²) in [4.78, 5) is 0. The molecule has 5 heteroatoms. The van der Waals surface area contributed by atoms with Gasteiger partial charge >= 0.3 is 0 Å². The van der Waals surface area contributed by atoms with Crippen molar-refractivity contribution in [2.24, 2.45) is 0 Å². The standard InChI is InChI=1S/C13H14FNO3/c14-11-3-1-4-12(10(11)9-15)16-8-5-13-17-6-2-7-18-13/h1,3-4,13H,2,5-8H2. The van der Waals surface area contributed by atoms with Crippen molar-refractivity contribution in [3.05, 3.63) is 29.6 Å². The Hall–Kier alpha value is -1.64. The van der Waals surface area contributed by atoms with Crippen LogP contribution < -0.4 is 4.74 Å². The van der Waals surface area contributed by atoms with Gasteiger partial charge in [0.05, 0.1) is 19.8 Å². The molecule has 0 amide bonds. The van der Waals surface area contributed by atoms with Crippen molar-refractivity contribution in [2.45, 2.75) is 19.1 Å². The molecule has 0 bridgehead atoms. The number of halogens is 1. The molecule has 0 unspecified atom stereocenters. The number of nitrogens with zero attached hydrogens (tertiary/aromatic N) is 1. The van der Waals surface area contributed by atoms with Crippen LogP contribution in [0.1, 0.15) is 18.4 Å². The molecule has 1 aliphatic rings. The topological polar surface area (TPSA) is 51.5 Å². The van der Waals surface area contributed by atoms with Crippen molar-refractivity contribution in [2.75, 3.05) is 19.8 Å². The maximum Gasteiger partial charge on any atom is 0.160 e. The Labute approximate surface area is 105 Å². The van der Waals surface area contributed by atoms with Gasteiger partial charge in [-0.2, -0.15) is 5.26 Å². The molecule has 1 aliphatic heterocycles. The van der Waals surface area contributed by atoms with Gasteiger partial charge in [0.25, 0.3) is 0 Å². The van der Waals surface area contributed by atoms with Crippen molar-refractivity contribution in [3.8, 4) is 11.8 Å². The number of hydrogen-bond acceptors (Lipinski definition) is 4. The van der Waals surface area contributed by atoms with Crippen LogP contribution in [0.5, 0.6) is 5.75 Å². The average molecular weight is 251 g/mol. The Morgan fingerprint density at radius 3 is 2.89 bits per heavy atom. The monoisotopic (exact) mass is 251 g/mol. The number of rotatable bonds is 4. The number of nitriles is 1. The average Bonchev–Trinajstić information content (AvgIpc) is 2.40. The van der Waals surface area contributed by atoms with Crippen LogP contribution in [-0.2, 0) is 9.47 Å². The summed E-state index contributed by atoms with van der Waals surface area (Å²) in [6.45, 7) is 1.70. The molecule has 0 N–H and O–H groups in total. The third-order valence-electron chi connectivity index (χ3n) is 2.59. The van der Waals surface area contributed by atoms with E-state index < -0.39 is 5.82 Å². The van der Waals surface area contributed by atoms with E-state index in [-0.39, 0.29) is 17.6 Å². The smallest absolute Gasteiger partial charge is 0.160 e. The van der Waals surface area contributed by atoms with Gasteiger partial charge in [-0.25, -0.2) is 4.39 Å². The predicted molar refractivity (Wildman–Crippen MR) is 61.5 cm³/mol. The highest BCUT2D eigenvalue weighted by atomic mass is 19.1. The van der Waals surface area contributed by atoms with Gasteiger partial charge in [-0.3, -0.25) is 0 Å². The first-order valence-corrected chi connectivity index (χ1v) is 5.86. The fraction of sp³-hybridized carbons (Fsp3) is 0.462. The molecule has 2 rings (SSSR count). The SMILES string of the molecule is N#Cc1c(F)cccc1OCCC1OCCCO1. The molecule has 18 heavy (non-hydrogen) atoms. The molecule has 0 saturated carbocycles. The second kappa shape index (κ2) is 6.34. The summed E-state index contributed by atoms with van der Waals surface area (Å²) in [5, 5.41) is 8.83. The first-order chi connectivity index (χ1) is 8.81. The van der Waals surface area contributed by atoms with E-state index in [0.29, 0.717) is 26.2 Å². The highest BCUT2D eigenvalue weighted by Gasteiger charge is 2.15. The van der Waals surface area contributed by atoms with Crippen molar-refractivity contribution >= 4 is 0 Å². The summed E-state index contributed by atoms with van der Waals surface area (Å²) >= 11 is 0. The molecule has 0 atom stereocenters. The zero-order chi connectivity index (χ0) is 12.8. The summed E-state index contributed by atoms with van der Waals surface area (Å²) in [5.41, 5.74) is -0.0667. The second-order valence-corrected chi connectivity index (χ2v) is 3.89. The first kappa shape index (κ1) is 12.8. The third-order valence-corrected chi connectivity index (χ3v) is 2.59. The quantitative estimate of drug-likeness (QED) is 0.823. The Morgan fingerprint density at radius 2 is 2.17 bits per heavy atom. The van der Waals surface area contributed by atoms with Crippen molar-refractivity contribution in [1.29, 1.82) is 5.26 Å². The summed E-state index contributed by atoms with van der Waals surface area (Å²) < 4.78 is 29.4. The normalized spacial score (nSPS) is 16.2. The Kier molecular flexibility index (Phi) is 4.51. The lowest BCUT2D eigenvalue weighted by atomic mass is 10.2. The van der Waals surface area contributed by atoms with Crippen LogP contribution in [0.25, 0.3) is 0 Å². The highest BCUT2D eigenvalue weighted by molar-refractivity contribution is 5.43. The van der Waals surface area contributed by atoms with Gasteiger partial charge in [0.1, 0.15) is 23.2 Å². The maximum absolute atomic E-state index is 13.3. The number of benzene rings is 1. The van der Waals surface area contributed by atoms with E-state index in [1.54, 1.807) is 12.1 Å². The first-order valence-electron chi connectivity index (χ1n) is 5.86. The molecule has 1 aromatic carbocycles. The molecule has 1 heterocycles. The van der Waals surface area contributed by atoms with Crippen LogP contribution in [0.4, 0.5) is 4.39 Å². The highest BCUT2D eigenvalue weighted by Crippen LogP contribution is 2.21. The fourth-order valence-electron chi connectivity index (χ4n) is 1.70. The van der Waals surface area contributed by atoms with Crippen LogP contribution in [0.2, 0.25) is 0 Å². The second-order valence-electron chi connectivity index (χ2n) is 3.89. The fourth-order valence-corrected chi connectivity index (χ4v) is 1.70. The van der Waals surface area contributed by atoms with E-state index in [4.69, 9.17) is 19.5 Å². The lowest BCUT2D eigenvalue weighted by Gasteiger charge is -2.23. The van der Waals surface area contributed by atoms with E-state index >= 15 is 0 Å². The third kappa shape index (κ3) is 3.19. The van der Waals surface area contributed by atoms with Crippen LogP contribution in [0, 0.1) is 17.1 Å². The minimum Gasteiger partial charge on any atom is -0.492 e. The summed E-state index contributed by atoms with van der Waals surface area (Å²) in [7, 11) is 0. The van der Waals surface area contributed by atoms with E-state index in [1.807, 2.05) is 0 Å². The van der Waals surface area contributed by atoms with Gasteiger partial charge in [-0.1, -0.05) is 6.07 Å². The van der Waals surface area contributed by atoms with E-state index in [2.05, 4.69) is 0 Å². The van der Waals surface area contributed by atoms with E-state index in [0.717, 1.165) is 6.42 Å². The summed E-state index contributed by atoms with van der Waals surface area (Å²) in [6, 6.07) is 6.11. The van der Waals surface area contributed by atoms with Crippen LogP contribution >= 0.6 is 0 Å². The molecule has 1 fully saturated rings. The molecule has 0 aliphatic carbocycles. The molecular weight excluding hydrogens is 237 g/mol. The molecular formula is C13H14FNO3. The number of hydrogen-bond donors (Lipinski definition) is 0. The molecule has 4 nitrogen and oxygen atoms in total. The minimum absolute atomic E-state index is 0.0667. The maximum atomic E-state index is 13.3. The van der Waals surface area contributed by atoms with Crippen molar-refractivity contribution < 1.29 is 18.6 Å². The lowest BCUT2D eigenvalue weighted by molar-refractivity contribution is -0.183. The van der Waals surface area contributed by atoms with Gasteiger partial charge < -0.3 is 14.2 Å². The molecule has 0 aromatic heterocycles. The van der Waals surface area contributed by atoms with Gasteiger partial charge in [-0.15, -0.1) is 0 Å². The molecule has 1 aromatic rings. The van der Waals surface area contributed by atoms with E-state index in [1.165, 1.54) is 12.1 Å². The van der Waals surface area contributed by atoms with Crippen molar-refractivity contribution in [3.63, 3.8) is 0 Å². The van der Waals surface area contributed by atoms with Gasteiger partial charge in [0, 0.05) is 6.42 Å². The summed E-state index contributed by atoms with van der Waals surface area (Å²) in [6.07, 6.45) is 1.19.